The predicted octanol–water partition coefficient (Wildman–Crippen LogP) is 2.39. The van der Waals surface area contributed by atoms with Crippen molar-refractivity contribution in [2.75, 3.05) is 13.2 Å². The van der Waals surface area contributed by atoms with Gasteiger partial charge in [0, 0.05) is 16.4 Å². The molecule has 0 bridgehead atoms. The van der Waals surface area contributed by atoms with Crippen LogP contribution in [-0.2, 0) is 9.84 Å². The van der Waals surface area contributed by atoms with Crippen LogP contribution < -0.4 is 0 Å². The fourth-order valence-corrected chi connectivity index (χ4v) is 5.87. The van der Waals surface area contributed by atoms with Gasteiger partial charge in [0.25, 0.3) is 0 Å². The predicted molar refractivity (Wildman–Crippen MR) is 88.2 cm³/mol. The lowest BCUT2D eigenvalue weighted by atomic mass is 10.0. The normalized spacial score (nSPS) is 22.3. The first-order valence-corrected chi connectivity index (χ1v) is 9.26. The SMILES string of the molecule is O=S(=O)(c1ccc(Cl)cc1)[C@@H]1[C@H](c2ccc(F)cc2)C1(CO)CO. The van der Waals surface area contributed by atoms with Crippen LogP contribution in [0.1, 0.15) is 11.5 Å². The standard InChI is InChI=1S/C17H16ClFO4S/c18-12-3-7-14(8-4-12)24(22,23)16-15(17(16,9-20)10-21)11-1-5-13(19)6-2-11/h1-8,15-16,20-21H,9-10H2/t15-,16+/m0/s1. The van der Waals surface area contributed by atoms with Crippen molar-refractivity contribution >= 4 is 21.4 Å². The van der Waals surface area contributed by atoms with Gasteiger partial charge in [0.15, 0.2) is 9.84 Å². The first-order valence-electron chi connectivity index (χ1n) is 7.33. The summed E-state index contributed by atoms with van der Waals surface area (Å²) in [5.41, 5.74) is -0.613. The molecule has 0 heterocycles. The monoisotopic (exact) mass is 370 g/mol. The fourth-order valence-electron chi connectivity index (χ4n) is 3.32. The summed E-state index contributed by atoms with van der Waals surface area (Å²) in [7, 11) is -3.79. The van der Waals surface area contributed by atoms with Crippen LogP contribution in [0.25, 0.3) is 0 Å². The minimum absolute atomic E-state index is 0.0767. The van der Waals surface area contributed by atoms with Crippen molar-refractivity contribution in [3.8, 4) is 0 Å². The van der Waals surface area contributed by atoms with E-state index < -0.39 is 45.5 Å². The highest BCUT2D eigenvalue weighted by molar-refractivity contribution is 7.92. The van der Waals surface area contributed by atoms with Gasteiger partial charge < -0.3 is 10.2 Å². The second kappa shape index (κ2) is 6.11. The molecule has 0 aromatic heterocycles. The molecule has 0 aliphatic heterocycles. The average molecular weight is 371 g/mol. The maximum Gasteiger partial charge on any atom is 0.182 e. The van der Waals surface area contributed by atoms with Crippen molar-refractivity contribution in [1.29, 1.82) is 0 Å². The molecule has 128 valence electrons. The van der Waals surface area contributed by atoms with E-state index in [1.807, 2.05) is 0 Å². The molecule has 0 saturated heterocycles. The molecule has 2 atom stereocenters. The van der Waals surface area contributed by atoms with Crippen LogP contribution in [0.2, 0.25) is 5.02 Å². The summed E-state index contributed by atoms with van der Waals surface area (Å²) < 4.78 is 39.0. The van der Waals surface area contributed by atoms with Gasteiger partial charge in [0.1, 0.15) is 5.82 Å². The molecule has 1 aliphatic rings. The van der Waals surface area contributed by atoms with Crippen molar-refractivity contribution in [1.82, 2.24) is 0 Å². The Hall–Kier alpha value is -1.47. The summed E-state index contributed by atoms with van der Waals surface area (Å²) in [5.74, 6) is -1.04. The number of halogens is 2. The van der Waals surface area contributed by atoms with E-state index in [0.717, 1.165) is 0 Å². The zero-order valence-electron chi connectivity index (χ0n) is 12.6. The number of sulfone groups is 1. The number of hydrogen-bond acceptors (Lipinski definition) is 4. The molecular formula is C17H16ClFO4S. The molecule has 2 N–H and O–H groups in total. The Morgan fingerprint density at radius 2 is 1.54 bits per heavy atom. The second-order valence-corrected chi connectivity index (χ2v) is 8.50. The molecule has 0 spiro atoms. The van der Waals surface area contributed by atoms with E-state index >= 15 is 0 Å². The molecule has 1 saturated carbocycles. The van der Waals surface area contributed by atoms with Crippen LogP contribution in [0.3, 0.4) is 0 Å². The first-order chi connectivity index (χ1) is 11.4. The van der Waals surface area contributed by atoms with Gasteiger partial charge in [-0.15, -0.1) is 0 Å². The highest BCUT2D eigenvalue weighted by Crippen LogP contribution is 2.63. The van der Waals surface area contributed by atoms with Gasteiger partial charge in [-0.25, -0.2) is 12.8 Å². The van der Waals surface area contributed by atoms with Crippen LogP contribution in [0.4, 0.5) is 4.39 Å². The second-order valence-electron chi connectivity index (χ2n) is 6.00. The molecule has 3 rings (SSSR count). The Balaban J connectivity index is 2.04. The van der Waals surface area contributed by atoms with E-state index in [0.29, 0.717) is 10.6 Å². The van der Waals surface area contributed by atoms with Crippen LogP contribution in [0.15, 0.2) is 53.4 Å². The van der Waals surface area contributed by atoms with Gasteiger partial charge in [0.2, 0.25) is 0 Å². The lowest BCUT2D eigenvalue weighted by molar-refractivity contribution is 0.130. The average Bonchev–Trinajstić information content (AvgIpc) is 3.26. The van der Waals surface area contributed by atoms with E-state index in [2.05, 4.69) is 0 Å². The van der Waals surface area contributed by atoms with Crippen LogP contribution in [0.5, 0.6) is 0 Å². The van der Waals surface area contributed by atoms with Gasteiger partial charge in [-0.1, -0.05) is 23.7 Å². The molecule has 0 radical (unpaired) electrons. The summed E-state index contributed by atoms with van der Waals surface area (Å²) >= 11 is 5.80. The lowest BCUT2D eigenvalue weighted by Crippen LogP contribution is -2.23. The van der Waals surface area contributed by atoms with Crippen molar-refractivity contribution < 1.29 is 23.0 Å². The Labute approximate surface area is 144 Å². The summed E-state index contributed by atoms with van der Waals surface area (Å²) in [6, 6.07) is 11.2. The summed E-state index contributed by atoms with van der Waals surface area (Å²) in [6.07, 6.45) is 0. The lowest BCUT2D eigenvalue weighted by Gasteiger charge is -2.11. The molecule has 0 unspecified atom stereocenters. The Bertz CT molecular complexity index is 830. The van der Waals surface area contributed by atoms with E-state index in [1.165, 1.54) is 48.5 Å². The van der Waals surface area contributed by atoms with Crippen molar-refractivity contribution in [2.45, 2.75) is 16.1 Å². The van der Waals surface area contributed by atoms with Gasteiger partial charge in [-0.2, -0.15) is 0 Å². The van der Waals surface area contributed by atoms with E-state index in [-0.39, 0.29) is 4.90 Å². The number of aliphatic hydroxyl groups excluding tert-OH is 2. The number of benzene rings is 2. The highest BCUT2D eigenvalue weighted by atomic mass is 35.5. The minimum atomic E-state index is -3.79. The van der Waals surface area contributed by atoms with E-state index in [9.17, 15) is 23.0 Å². The smallest absolute Gasteiger partial charge is 0.182 e. The van der Waals surface area contributed by atoms with Crippen molar-refractivity contribution in [3.63, 3.8) is 0 Å². The third-order valence-electron chi connectivity index (χ3n) is 4.67. The Morgan fingerprint density at radius 3 is 2.04 bits per heavy atom. The molecule has 24 heavy (non-hydrogen) atoms. The molecule has 0 amide bonds. The van der Waals surface area contributed by atoms with Crippen LogP contribution >= 0.6 is 11.6 Å². The Kier molecular flexibility index (Phi) is 4.42. The number of hydrogen-bond donors (Lipinski definition) is 2. The third-order valence-corrected chi connectivity index (χ3v) is 7.27. The Morgan fingerprint density at radius 1 is 1.00 bits per heavy atom. The molecule has 7 heteroatoms. The zero-order chi connectivity index (χ0) is 17.5. The van der Waals surface area contributed by atoms with Crippen molar-refractivity contribution in [3.05, 3.63) is 64.9 Å². The maximum absolute atomic E-state index is 13.1. The first kappa shape index (κ1) is 17.4. The van der Waals surface area contributed by atoms with Gasteiger partial charge in [0.05, 0.1) is 23.4 Å². The molecule has 1 fully saturated rings. The summed E-state index contributed by atoms with van der Waals surface area (Å²) in [6.45, 7) is -0.966. The summed E-state index contributed by atoms with van der Waals surface area (Å²) in [4.78, 5) is 0.0767. The largest absolute Gasteiger partial charge is 0.396 e. The van der Waals surface area contributed by atoms with Gasteiger partial charge in [-0.05, 0) is 42.0 Å². The van der Waals surface area contributed by atoms with Gasteiger partial charge >= 0.3 is 0 Å². The fraction of sp³-hybridized carbons (Fsp3) is 0.294. The maximum atomic E-state index is 13.1. The third kappa shape index (κ3) is 2.63. The molecule has 2 aromatic carbocycles. The molecule has 4 nitrogen and oxygen atoms in total. The van der Waals surface area contributed by atoms with Crippen LogP contribution in [0, 0.1) is 11.2 Å². The molecular weight excluding hydrogens is 355 g/mol. The van der Waals surface area contributed by atoms with E-state index in [4.69, 9.17) is 11.6 Å². The summed E-state index contributed by atoms with van der Waals surface area (Å²) in [5, 5.41) is 18.9. The van der Waals surface area contributed by atoms with E-state index in [1.54, 1.807) is 0 Å². The molecule has 2 aromatic rings. The quantitative estimate of drug-likeness (QED) is 0.847. The van der Waals surface area contributed by atoms with Crippen LogP contribution in [-0.4, -0.2) is 37.1 Å². The molecule has 1 aliphatic carbocycles. The number of aliphatic hydroxyl groups is 2. The zero-order valence-corrected chi connectivity index (χ0v) is 14.1. The van der Waals surface area contributed by atoms with Crippen molar-refractivity contribution in [2.24, 2.45) is 5.41 Å². The minimum Gasteiger partial charge on any atom is -0.396 e. The topological polar surface area (TPSA) is 74.6 Å². The number of rotatable bonds is 5. The highest BCUT2D eigenvalue weighted by Gasteiger charge is 2.70. The van der Waals surface area contributed by atoms with Gasteiger partial charge in [-0.3, -0.25) is 0 Å².